The third-order valence-electron chi connectivity index (χ3n) is 3.59. The third-order valence-corrected chi connectivity index (χ3v) is 3.59. The molecule has 0 atom stereocenters. The van der Waals surface area contributed by atoms with Crippen LogP contribution < -0.4 is 11.1 Å². The molecule has 1 saturated carbocycles. The maximum absolute atomic E-state index is 13.8. The summed E-state index contributed by atoms with van der Waals surface area (Å²) in [6.07, 6.45) is 2.60. The highest BCUT2D eigenvalue weighted by Gasteiger charge is 2.21. The molecule has 1 aromatic rings. The summed E-state index contributed by atoms with van der Waals surface area (Å²) < 4.78 is 13.8. The summed E-state index contributed by atoms with van der Waals surface area (Å²) in [4.78, 5) is 12.1. The minimum Gasteiger partial charge on any atom is -0.393 e. The van der Waals surface area contributed by atoms with Gasteiger partial charge >= 0.3 is 0 Å². The summed E-state index contributed by atoms with van der Waals surface area (Å²) >= 11 is 0. The second-order valence-electron chi connectivity index (χ2n) is 5.18. The van der Waals surface area contributed by atoms with Gasteiger partial charge in [0.2, 0.25) is 0 Å². The fourth-order valence-electron chi connectivity index (χ4n) is 2.39. The van der Waals surface area contributed by atoms with Crippen LogP contribution in [0.5, 0.6) is 0 Å². The lowest BCUT2D eigenvalue weighted by molar-refractivity contribution is 0.0867. The average Bonchev–Trinajstić information content (AvgIpc) is 2.48. The minimum atomic E-state index is -0.525. The van der Waals surface area contributed by atoms with Crippen LogP contribution in [0.1, 0.15) is 41.6 Å². The van der Waals surface area contributed by atoms with Gasteiger partial charge in [-0.05, 0) is 43.9 Å². The van der Waals surface area contributed by atoms with Crippen LogP contribution in [0.25, 0.3) is 0 Å². The number of rotatable bonds is 2. The van der Waals surface area contributed by atoms with Crippen LogP contribution in [0.2, 0.25) is 0 Å². The number of nitrogens with two attached hydrogens (primary N) is 1. The number of halogens is 1. The zero-order chi connectivity index (χ0) is 15.2. The summed E-state index contributed by atoms with van der Waals surface area (Å²) in [7, 11) is 0. The van der Waals surface area contributed by atoms with Gasteiger partial charge in [-0.25, -0.2) is 4.39 Å². The minimum absolute atomic E-state index is 0.0423. The van der Waals surface area contributed by atoms with Crippen molar-refractivity contribution in [3.05, 3.63) is 35.1 Å². The number of hydrogen-bond donors (Lipinski definition) is 3. The molecule has 0 bridgehead atoms. The van der Waals surface area contributed by atoms with Gasteiger partial charge in [-0.2, -0.15) is 0 Å². The Morgan fingerprint density at radius 3 is 2.71 bits per heavy atom. The van der Waals surface area contributed by atoms with Gasteiger partial charge < -0.3 is 16.2 Å². The number of hydrogen-bond acceptors (Lipinski definition) is 3. The first-order chi connectivity index (χ1) is 10.1. The van der Waals surface area contributed by atoms with Gasteiger partial charge in [-0.1, -0.05) is 11.8 Å². The van der Waals surface area contributed by atoms with Gasteiger partial charge in [0.05, 0.1) is 18.2 Å². The predicted octanol–water partition coefficient (Wildman–Crippen LogP) is 1.17. The lowest BCUT2D eigenvalue weighted by atomic mass is 9.93. The molecule has 0 unspecified atom stereocenters. The fraction of sp³-hybridized carbons (Fsp3) is 0.438. The molecule has 4 nitrogen and oxygen atoms in total. The Bertz CT molecular complexity index is 569. The Kier molecular flexibility index (Phi) is 5.32. The van der Waals surface area contributed by atoms with E-state index >= 15 is 0 Å². The van der Waals surface area contributed by atoms with E-state index in [4.69, 9.17) is 5.73 Å². The van der Waals surface area contributed by atoms with E-state index in [9.17, 15) is 14.3 Å². The molecule has 0 radical (unpaired) electrons. The molecule has 1 fully saturated rings. The summed E-state index contributed by atoms with van der Waals surface area (Å²) in [6, 6.07) is 4.27. The molecule has 0 aliphatic heterocycles. The van der Waals surface area contributed by atoms with Crippen LogP contribution in [0.4, 0.5) is 4.39 Å². The molecule has 5 heteroatoms. The highest BCUT2D eigenvalue weighted by molar-refractivity contribution is 5.94. The number of aliphatic hydroxyl groups is 1. The van der Waals surface area contributed by atoms with Gasteiger partial charge in [-0.3, -0.25) is 4.79 Å². The maximum atomic E-state index is 13.8. The average molecular weight is 290 g/mol. The van der Waals surface area contributed by atoms with E-state index in [0.717, 1.165) is 12.8 Å². The highest BCUT2D eigenvalue weighted by Crippen LogP contribution is 2.19. The quantitative estimate of drug-likeness (QED) is 0.716. The van der Waals surface area contributed by atoms with Crippen LogP contribution in [-0.2, 0) is 0 Å². The molecule has 1 aliphatic carbocycles. The topological polar surface area (TPSA) is 75.4 Å². The molecule has 1 amide bonds. The lowest BCUT2D eigenvalue weighted by Crippen LogP contribution is -2.38. The monoisotopic (exact) mass is 290 g/mol. The zero-order valence-electron chi connectivity index (χ0n) is 11.7. The molecule has 2 rings (SSSR count). The molecule has 1 aromatic carbocycles. The van der Waals surface area contributed by atoms with Crippen LogP contribution in [-0.4, -0.2) is 29.7 Å². The normalized spacial score (nSPS) is 21.3. The SMILES string of the molecule is NCC#Cc1ccc(C(=O)NC2CCC(O)CC2)cc1F. The maximum Gasteiger partial charge on any atom is 0.251 e. The van der Waals surface area contributed by atoms with Crippen molar-refractivity contribution < 1.29 is 14.3 Å². The summed E-state index contributed by atoms with van der Waals surface area (Å²) in [5.41, 5.74) is 5.75. The first-order valence-corrected chi connectivity index (χ1v) is 7.07. The fourth-order valence-corrected chi connectivity index (χ4v) is 2.39. The van der Waals surface area contributed by atoms with Gasteiger partial charge in [0.1, 0.15) is 5.82 Å². The van der Waals surface area contributed by atoms with Crippen molar-refractivity contribution in [3.8, 4) is 11.8 Å². The van der Waals surface area contributed by atoms with Crippen LogP contribution in [0, 0.1) is 17.7 Å². The van der Waals surface area contributed by atoms with Crippen molar-refractivity contribution in [2.24, 2.45) is 5.73 Å². The number of carbonyl (C=O) groups excluding carboxylic acids is 1. The van der Waals surface area contributed by atoms with Gasteiger partial charge in [0, 0.05) is 11.6 Å². The molecular formula is C16H19FN2O2. The number of benzene rings is 1. The predicted molar refractivity (Wildman–Crippen MR) is 78.1 cm³/mol. The first kappa shape index (κ1) is 15.5. The molecule has 21 heavy (non-hydrogen) atoms. The third kappa shape index (κ3) is 4.28. The lowest BCUT2D eigenvalue weighted by Gasteiger charge is -2.26. The molecular weight excluding hydrogens is 271 g/mol. The van der Waals surface area contributed by atoms with E-state index in [2.05, 4.69) is 17.2 Å². The Hall–Kier alpha value is -1.90. The van der Waals surface area contributed by atoms with Crippen LogP contribution >= 0.6 is 0 Å². The summed E-state index contributed by atoms with van der Waals surface area (Å²) in [6.45, 7) is 0.162. The van der Waals surface area contributed by atoms with Crippen LogP contribution in [0.15, 0.2) is 18.2 Å². The molecule has 0 spiro atoms. The molecule has 0 aromatic heterocycles. The van der Waals surface area contributed by atoms with E-state index in [0.29, 0.717) is 12.8 Å². The Balaban J connectivity index is 2.01. The van der Waals surface area contributed by atoms with E-state index in [-0.39, 0.29) is 35.7 Å². The van der Waals surface area contributed by atoms with Crippen LogP contribution in [0.3, 0.4) is 0 Å². The highest BCUT2D eigenvalue weighted by atomic mass is 19.1. The molecule has 4 N–H and O–H groups in total. The van der Waals surface area contributed by atoms with Crippen molar-refractivity contribution >= 4 is 5.91 Å². The van der Waals surface area contributed by atoms with E-state index in [1.807, 2.05) is 0 Å². The Labute approximate surface area is 123 Å². The standard InChI is InChI=1S/C16H19FN2O2/c17-15-10-12(4-3-11(15)2-1-9-18)16(21)19-13-5-7-14(20)8-6-13/h3-4,10,13-14,20H,5-9,18H2,(H,19,21). The van der Waals surface area contributed by atoms with E-state index < -0.39 is 5.82 Å². The zero-order valence-corrected chi connectivity index (χ0v) is 11.7. The smallest absolute Gasteiger partial charge is 0.251 e. The van der Waals surface area contributed by atoms with Crippen molar-refractivity contribution in [2.75, 3.05) is 6.54 Å². The Morgan fingerprint density at radius 1 is 1.38 bits per heavy atom. The van der Waals surface area contributed by atoms with E-state index in [1.165, 1.54) is 12.1 Å². The number of amides is 1. The van der Waals surface area contributed by atoms with Gasteiger partial charge in [0.15, 0.2) is 0 Å². The second kappa shape index (κ2) is 7.21. The van der Waals surface area contributed by atoms with Crippen molar-refractivity contribution in [1.29, 1.82) is 0 Å². The van der Waals surface area contributed by atoms with Crippen molar-refractivity contribution in [3.63, 3.8) is 0 Å². The molecule has 1 aliphatic rings. The molecule has 112 valence electrons. The van der Waals surface area contributed by atoms with Crippen molar-refractivity contribution in [2.45, 2.75) is 37.8 Å². The number of aliphatic hydroxyl groups excluding tert-OH is 1. The second-order valence-corrected chi connectivity index (χ2v) is 5.18. The van der Waals surface area contributed by atoms with Gasteiger partial charge in [-0.15, -0.1) is 0 Å². The summed E-state index contributed by atoms with van der Waals surface area (Å²) in [5.74, 6) is 4.37. The molecule has 0 heterocycles. The van der Waals surface area contributed by atoms with Gasteiger partial charge in [0.25, 0.3) is 5.91 Å². The molecule has 0 saturated heterocycles. The number of carbonyl (C=O) groups is 1. The Morgan fingerprint density at radius 2 is 2.10 bits per heavy atom. The van der Waals surface area contributed by atoms with E-state index in [1.54, 1.807) is 6.07 Å². The largest absolute Gasteiger partial charge is 0.393 e. The summed E-state index contributed by atoms with van der Waals surface area (Å²) in [5, 5.41) is 12.3. The number of nitrogens with one attached hydrogen (secondary N) is 1. The van der Waals surface area contributed by atoms with Crippen molar-refractivity contribution in [1.82, 2.24) is 5.32 Å². The first-order valence-electron chi connectivity index (χ1n) is 7.07.